The SMILES string of the molecule is Cc1cc(C(N)=S)ccc1NN(C)C. The first-order chi connectivity index (χ1) is 6.50. The molecule has 0 aliphatic rings. The molecule has 1 aromatic carbocycles. The van der Waals surface area contributed by atoms with Crippen molar-refractivity contribution in [3.8, 4) is 0 Å². The number of nitrogens with one attached hydrogen (secondary N) is 1. The second-order valence-corrected chi connectivity index (χ2v) is 3.84. The maximum absolute atomic E-state index is 5.53. The zero-order valence-electron chi connectivity index (χ0n) is 8.66. The van der Waals surface area contributed by atoms with Crippen LogP contribution in [0.4, 0.5) is 5.69 Å². The lowest BCUT2D eigenvalue weighted by molar-refractivity contribution is 0.495. The number of hydrogen-bond acceptors (Lipinski definition) is 3. The van der Waals surface area contributed by atoms with Crippen molar-refractivity contribution in [2.75, 3.05) is 19.5 Å². The van der Waals surface area contributed by atoms with Crippen LogP contribution in [0.1, 0.15) is 11.1 Å². The first kappa shape index (κ1) is 10.9. The standard InChI is InChI=1S/C10H15N3S/c1-7-6-8(10(11)14)4-5-9(7)12-13(2)3/h4-6,12H,1-3H3,(H2,11,14). The first-order valence-corrected chi connectivity index (χ1v) is 4.76. The average Bonchev–Trinajstić information content (AvgIpc) is 2.07. The van der Waals surface area contributed by atoms with Crippen molar-refractivity contribution < 1.29 is 0 Å². The summed E-state index contributed by atoms with van der Waals surface area (Å²) in [6.07, 6.45) is 0. The number of thiocarbonyl (C=S) groups is 1. The van der Waals surface area contributed by atoms with Crippen molar-refractivity contribution in [3.63, 3.8) is 0 Å². The van der Waals surface area contributed by atoms with Crippen LogP contribution in [0.2, 0.25) is 0 Å². The van der Waals surface area contributed by atoms with E-state index in [1.807, 2.05) is 44.2 Å². The number of anilines is 1. The molecule has 76 valence electrons. The monoisotopic (exact) mass is 209 g/mol. The zero-order valence-corrected chi connectivity index (χ0v) is 9.48. The molecular weight excluding hydrogens is 194 g/mol. The number of aryl methyl sites for hydroxylation is 1. The molecule has 0 bridgehead atoms. The van der Waals surface area contributed by atoms with Crippen molar-refractivity contribution in [1.82, 2.24) is 5.01 Å². The molecule has 0 saturated carbocycles. The summed E-state index contributed by atoms with van der Waals surface area (Å²) >= 11 is 4.90. The normalized spacial score (nSPS) is 10.3. The fourth-order valence-electron chi connectivity index (χ4n) is 1.18. The highest BCUT2D eigenvalue weighted by Gasteiger charge is 2.01. The van der Waals surface area contributed by atoms with Gasteiger partial charge in [-0.3, -0.25) is 0 Å². The lowest BCUT2D eigenvalue weighted by Gasteiger charge is -2.16. The van der Waals surface area contributed by atoms with Gasteiger partial charge in [-0.05, 0) is 30.7 Å². The van der Waals surface area contributed by atoms with Crippen molar-refractivity contribution in [3.05, 3.63) is 29.3 Å². The van der Waals surface area contributed by atoms with Crippen LogP contribution in [0.15, 0.2) is 18.2 Å². The number of rotatable bonds is 3. The maximum Gasteiger partial charge on any atom is 0.103 e. The molecule has 0 radical (unpaired) electrons. The third-order valence-corrected chi connectivity index (χ3v) is 2.09. The van der Waals surface area contributed by atoms with E-state index in [-0.39, 0.29) is 0 Å². The van der Waals surface area contributed by atoms with Crippen LogP contribution < -0.4 is 11.2 Å². The Morgan fingerprint density at radius 2 is 2.07 bits per heavy atom. The molecule has 4 heteroatoms. The Hall–Kier alpha value is -1.13. The molecule has 0 aliphatic carbocycles. The van der Waals surface area contributed by atoms with Gasteiger partial charge in [-0.2, -0.15) is 0 Å². The third kappa shape index (κ3) is 2.68. The molecule has 0 aromatic heterocycles. The number of nitrogens with zero attached hydrogens (tertiary/aromatic N) is 1. The minimum Gasteiger partial charge on any atom is -0.389 e. The van der Waals surface area contributed by atoms with Gasteiger partial charge in [0.1, 0.15) is 4.99 Å². The summed E-state index contributed by atoms with van der Waals surface area (Å²) in [5, 5.41) is 1.89. The molecule has 1 aromatic rings. The number of benzene rings is 1. The molecule has 3 N–H and O–H groups in total. The summed E-state index contributed by atoms with van der Waals surface area (Å²) in [4.78, 5) is 0.435. The largest absolute Gasteiger partial charge is 0.389 e. The van der Waals surface area contributed by atoms with Crippen molar-refractivity contribution >= 4 is 22.9 Å². The second kappa shape index (κ2) is 4.39. The van der Waals surface area contributed by atoms with Crippen molar-refractivity contribution in [1.29, 1.82) is 0 Å². The Balaban J connectivity index is 2.95. The van der Waals surface area contributed by atoms with E-state index in [0.29, 0.717) is 4.99 Å². The highest BCUT2D eigenvalue weighted by molar-refractivity contribution is 7.80. The predicted molar refractivity (Wildman–Crippen MR) is 64.4 cm³/mol. The smallest absolute Gasteiger partial charge is 0.103 e. The highest BCUT2D eigenvalue weighted by atomic mass is 32.1. The molecule has 0 fully saturated rings. The van der Waals surface area contributed by atoms with Gasteiger partial charge < -0.3 is 11.2 Å². The lowest BCUT2D eigenvalue weighted by atomic mass is 10.1. The third-order valence-electron chi connectivity index (χ3n) is 1.85. The van der Waals surface area contributed by atoms with Crippen LogP contribution >= 0.6 is 12.2 Å². The van der Waals surface area contributed by atoms with Crippen LogP contribution in [0.5, 0.6) is 0 Å². The van der Waals surface area contributed by atoms with E-state index in [0.717, 1.165) is 16.8 Å². The Morgan fingerprint density at radius 1 is 1.43 bits per heavy atom. The first-order valence-electron chi connectivity index (χ1n) is 4.35. The van der Waals surface area contributed by atoms with Crippen LogP contribution in [0.25, 0.3) is 0 Å². The molecule has 0 unspecified atom stereocenters. The Morgan fingerprint density at radius 3 is 2.50 bits per heavy atom. The van der Waals surface area contributed by atoms with E-state index in [9.17, 15) is 0 Å². The fourth-order valence-corrected chi connectivity index (χ4v) is 1.31. The lowest BCUT2D eigenvalue weighted by Crippen LogP contribution is -2.20. The quantitative estimate of drug-likeness (QED) is 0.585. The van der Waals surface area contributed by atoms with E-state index >= 15 is 0 Å². The Kier molecular flexibility index (Phi) is 3.43. The van der Waals surface area contributed by atoms with Gasteiger partial charge in [0.25, 0.3) is 0 Å². The minimum atomic E-state index is 0.435. The van der Waals surface area contributed by atoms with Gasteiger partial charge in [0.15, 0.2) is 0 Å². The van der Waals surface area contributed by atoms with Crippen LogP contribution in [0, 0.1) is 6.92 Å². The minimum absolute atomic E-state index is 0.435. The average molecular weight is 209 g/mol. The molecule has 0 spiro atoms. The van der Waals surface area contributed by atoms with Gasteiger partial charge in [0.05, 0.1) is 5.69 Å². The van der Waals surface area contributed by atoms with Crippen molar-refractivity contribution in [2.24, 2.45) is 5.73 Å². The maximum atomic E-state index is 5.53. The van der Waals surface area contributed by atoms with Gasteiger partial charge in [-0.15, -0.1) is 0 Å². The zero-order chi connectivity index (χ0) is 10.7. The fraction of sp³-hybridized carbons (Fsp3) is 0.300. The van der Waals surface area contributed by atoms with Gasteiger partial charge in [0, 0.05) is 19.7 Å². The van der Waals surface area contributed by atoms with E-state index in [1.165, 1.54) is 0 Å². The van der Waals surface area contributed by atoms with Crippen LogP contribution in [-0.2, 0) is 0 Å². The summed E-state index contributed by atoms with van der Waals surface area (Å²) in [7, 11) is 3.89. The molecular formula is C10H15N3S. The number of nitrogens with two attached hydrogens (primary N) is 1. The summed E-state index contributed by atoms with van der Waals surface area (Å²) in [5.41, 5.74) is 11.8. The molecule has 0 heterocycles. The second-order valence-electron chi connectivity index (χ2n) is 3.40. The molecule has 3 nitrogen and oxygen atoms in total. The van der Waals surface area contributed by atoms with E-state index in [2.05, 4.69) is 5.43 Å². The van der Waals surface area contributed by atoms with Gasteiger partial charge in [0.2, 0.25) is 0 Å². The molecule has 0 amide bonds. The Bertz CT molecular complexity index is 347. The molecule has 14 heavy (non-hydrogen) atoms. The summed E-state index contributed by atoms with van der Waals surface area (Å²) in [6.45, 7) is 2.02. The molecule has 0 saturated heterocycles. The van der Waals surface area contributed by atoms with Gasteiger partial charge >= 0.3 is 0 Å². The number of hydrogen-bond donors (Lipinski definition) is 2. The summed E-state index contributed by atoms with van der Waals surface area (Å²) in [5.74, 6) is 0. The van der Waals surface area contributed by atoms with Gasteiger partial charge in [-0.1, -0.05) is 12.2 Å². The summed E-state index contributed by atoms with van der Waals surface area (Å²) < 4.78 is 0. The van der Waals surface area contributed by atoms with Crippen LogP contribution in [-0.4, -0.2) is 24.1 Å². The summed E-state index contributed by atoms with van der Waals surface area (Å²) in [6, 6.07) is 5.87. The number of hydrazine groups is 1. The van der Waals surface area contributed by atoms with Crippen molar-refractivity contribution in [2.45, 2.75) is 6.92 Å². The van der Waals surface area contributed by atoms with E-state index in [4.69, 9.17) is 18.0 Å². The van der Waals surface area contributed by atoms with E-state index in [1.54, 1.807) is 0 Å². The predicted octanol–water partition coefficient (Wildman–Crippen LogP) is 1.52. The molecule has 1 rings (SSSR count). The van der Waals surface area contributed by atoms with Crippen LogP contribution in [0.3, 0.4) is 0 Å². The molecule has 0 aliphatic heterocycles. The highest BCUT2D eigenvalue weighted by Crippen LogP contribution is 2.16. The topological polar surface area (TPSA) is 41.3 Å². The Labute approximate surface area is 89.9 Å². The van der Waals surface area contributed by atoms with Gasteiger partial charge in [-0.25, -0.2) is 5.01 Å². The molecule has 0 atom stereocenters. The van der Waals surface area contributed by atoms with E-state index < -0.39 is 0 Å².